The fourth-order valence-corrected chi connectivity index (χ4v) is 3.95. The Balaban J connectivity index is 1.83. The largest absolute Gasteiger partial charge is 0.504 e. The second-order valence-electron chi connectivity index (χ2n) is 8.44. The van der Waals surface area contributed by atoms with E-state index in [0.29, 0.717) is 0 Å². The van der Waals surface area contributed by atoms with Crippen LogP contribution in [0.5, 0.6) is 57.5 Å². The van der Waals surface area contributed by atoms with Crippen LogP contribution < -0.4 is 0 Å². The highest BCUT2D eigenvalue weighted by Gasteiger charge is 2.28. The Bertz CT molecular complexity index is 1550. The van der Waals surface area contributed by atoms with Crippen LogP contribution >= 0.6 is 0 Å². The van der Waals surface area contributed by atoms with E-state index in [2.05, 4.69) is 0 Å². The van der Waals surface area contributed by atoms with E-state index < -0.39 is 97.7 Å². The Morgan fingerprint density at radius 1 is 0.436 bits per heavy atom. The van der Waals surface area contributed by atoms with E-state index >= 15 is 0 Å². The molecule has 0 atom stereocenters. The summed E-state index contributed by atoms with van der Waals surface area (Å²) in [6.45, 7) is 0. The zero-order chi connectivity index (χ0) is 28.8. The molecule has 0 heterocycles. The number of carbonyl (C=O) groups is 2. The van der Waals surface area contributed by atoms with E-state index in [1.165, 1.54) is 12.1 Å². The molecule has 4 aromatic carbocycles. The number of rotatable bonds is 6. The van der Waals surface area contributed by atoms with Crippen molar-refractivity contribution in [3.8, 4) is 57.5 Å². The number of carbonyl (C=O) groups excluding carboxylic acids is 2. The van der Waals surface area contributed by atoms with E-state index in [1.807, 2.05) is 0 Å². The number of hydrogen-bond donors (Lipinski definition) is 10. The Morgan fingerprint density at radius 2 is 0.795 bits per heavy atom. The minimum absolute atomic E-state index is 0.313. The van der Waals surface area contributed by atoms with Gasteiger partial charge in [-0.05, 0) is 36.4 Å². The molecule has 12 nitrogen and oxygen atoms in total. The van der Waals surface area contributed by atoms with Gasteiger partial charge in [-0.3, -0.25) is 9.59 Å². The first-order valence-corrected chi connectivity index (χ1v) is 11.0. The molecule has 0 spiro atoms. The summed E-state index contributed by atoms with van der Waals surface area (Å²) in [5, 5.41) is 101. The standard InChI is InChI=1S/C27H20O12/c28-16-5-1-3-12(22(16)34)20(32)14-8-10(18(30)26(38)24(14)36)7-11-9-15(25(37)27(39)19(11)31)21(33)13-4-2-6-17(29)23(13)35/h1-6,8-9,28-31,34-39H,7H2. The average molecular weight is 536 g/mol. The lowest BCUT2D eigenvalue weighted by atomic mass is 9.92. The molecule has 0 radical (unpaired) electrons. The molecule has 200 valence electrons. The van der Waals surface area contributed by atoms with Gasteiger partial charge in [0.05, 0.1) is 22.3 Å². The van der Waals surface area contributed by atoms with Gasteiger partial charge >= 0.3 is 0 Å². The summed E-state index contributed by atoms with van der Waals surface area (Å²) in [7, 11) is 0. The SMILES string of the molecule is O=C(c1cccc(O)c1O)c1cc(Cc2cc(C(=O)c3cccc(O)c3O)c(O)c(O)c2O)c(O)c(O)c1O. The molecule has 0 aliphatic heterocycles. The van der Waals surface area contributed by atoms with Gasteiger partial charge in [-0.15, -0.1) is 0 Å². The van der Waals surface area contributed by atoms with Crippen molar-refractivity contribution >= 4 is 11.6 Å². The van der Waals surface area contributed by atoms with Crippen LogP contribution in [0.3, 0.4) is 0 Å². The summed E-state index contributed by atoms with van der Waals surface area (Å²) in [5.41, 5.74) is -2.77. The third kappa shape index (κ3) is 4.35. The van der Waals surface area contributed by atoms with E-state index in [9.17, 15) is 60.7 Å². The zero-order valence-corrected chi connectivity index (χ0v) is 19.6. The molecule has 4 rings (SSSR count). The highest BCUT2D eigenvalue weighted by molar-refractivity contribution is 6.14. The number of para-hydroxylation sites is 2. The van der Waals surface area contributed by atoms with Gasteiger partial charge in [-0.1, -0.05) is 12.1 Å². The van der Waals surface area contributed by atoms with Gasteiger partial charge in [0.25, 0.3) is 0 Å². The van der Waals surface area contributed by atoms with Crippen LogP contribution in [0.15, 0.2) is 48.5 Å². The van der Waals surface area contributed by atoms with Crippen LogP contribution in [0, 0.1) is 0 Å². The number of phenols is 10. The predicted octanol–water partition coefficient (Wildman–Crippen LogP) is 2.80. The third-order valence-corrected chi connectivity index (χ3v) is 6.04. The van der Waals surface area contributed by atoms with Crippen molar-refractivity contribution in [1.29, 1.82) is 0 Å². The van der Waals surface area contributed by atoms with Crippen molar-refractivity contribution in [3.05, 3.63) is 81.9 Å². The molecule has 10 N–H and O–H groups in total. The van der Waals surface area contributed by atoms with E-state index in [4.69, 9.17) is 0 Å². The maximum Gasteiger partial charge on any atom is 0.201 e. The molecular weight excluding hydrogens is 516 g/mol. The lowest BCUT2D eigenvalue weighted by Crippen LogP contribution is -2.06. The van der Waals surface area contributed by atoms with Crippen molar-refractivity contribution in [2.45, 2.75) is 6.42 Å². The van der Waals surface area contributed by atoms with Gasteiger partial charge in [0.1, 0.15) is 0 Å². The van der Waals surface area contributed by atoms with Gasteiger partial charge in [0.2, 0.25) is 23.1 Å². The molecule has 0 aliphatic carbocycles. The summed E-state index contributed by atoms with van der Waals surface area (Å²) in [4.78, 5) is 26.0. The summed E-state index contributed by atoms with van der Waals surface area (Å²) < 4.78 is 0. The molecule has 0 aromatic heterocycles. The molecule has 0 saturated heterocycles. The van der Waals surface area contributed by atoms with Crippen molar-refractivity contribution < 1.29 is 60.7 Å². The summed E-state index contributed by atoms with van der Waals surface area (Å²) in [5.74, 6) is -11.3. The van der Waals surface area contributed by atoms with Crippen molar-refractivity contribution in [1.82, 2.24) is 0 Å². The second-order valence-corrected chi connectivity index (χ2v) is 8.44. The molecule has 12 heteroatoms. The highest BCUT2D eigenvalue weighted by atomic mass is 16.3. The number of benzene rings is 4. The topological polar surface area (TPSA) is 236 Å². The maximum absolute atomic E-state index is 13.0. The Morgan fingerprint density at radius 3 is 1.15 bits per heavy atom. The summed E-state index contributed by atoms with van der Waals surface area (Å²) in [6.07, 6.45) is -0.599. The van der Waals surface area contributed by atoms with Crippen molar-refractivity contribution in [3.63, 3.8) is 0 Å². The molecule has 0 unspecified atom stereocenters. The van der Waals surface area contributed by atoms with Gasteiger partial charge in [-0.25, -0.2) is 0 Å². The number of phenolic OH excluding ortho intramolecular Hbond substituents is 10. The summed E-state index contributed by atoms with van der Waals surface area (Å²) >= 11 is 0. The fourth-order valence-electron chi connectivity index (χ4n) is 3.95. The molecule has 0 bridgehead atoms. The quantitative estimate of drug-likeness (QED) is 0.126. The van der Waals surface area contributed by atoms with Crippen molar-refractivity contribution in [2.24, 2.45) is 0 Å². The number of hydrogen-bond acceptors (Lipinski definition) is 12. The molecule has 0 aliphatic rings. The van der Waals surface area contributed by atoms with Crippen LogP contribution in [-0.2, 0) is 6.42 Å². The zero-order valence-electron chi connectivity index (χ0n) is 19.6. The van der Waals surface area contributed by atoms with E-state index in [0.717, 1.165) is 36.4 Å². The van der Waals surface area contributed by atoms with E-state index in [-0.39, 0.29) is 11.1 Å². The summed E-state index contributed by atoms with van der Waals surface area (Å²) in [6, 6.07) is 8.73. The van der Waals surface area contributed by atoms with Gasteiger partial charge < -0.3 is 51.1 Å². The van der Waals surface area contributed by atoms with Crippen molar-refractivity contribution in [2.75, 3.05) is 0 Å². The molecule has 0 saturated carbocycles. The van der Waals surface area contributed by atoms with Crippen LogP contribution in [0.2, 0.25) is 0 Å². The lowest BCUT2D eigenvalue weighted by molar-refractivity contribution is 0.102. The first-order chi connectivity index (χ1) is 18.3. The third-order valence-electron chi connectivity index (χ3n) is 6.04. The highest BCUT2D eigenvalue weighted by Crippen LogP contribution is 2.46. The van der Waals surface area contributed by atoms with Gasteiger partial charge in [0, 0.05) is 17.5 Å². The van der Waals surface area contributed by atoms with Crippen LogP contribution in [-0.4, -0.2) is 62.6 Å². The molecule has 4 aromatic rings. The Labute approximate surface area is 218 Å². The normalized spacial score (nSPS) is 10.9. The van der Waals surface area contributed by atoms with E-state index in [1.54, 1.807) is 0 Å². The maximum atomic E-state index is 13.0. The van der Waals surface area contributed by atoms with Crippen LogP contribution in [0.4, 0.5) is 0 Å². The van der Waals surface area contributed by atoms with Crippen LogP contribution in [0.25, 0.3) is 0 Å². The smallest absolute Gasteiger partial charge is 0.201 e. The number of aromatic hydroxyl groups is 10. The van der Waals surface area contributed by atoms with Gasteiger partial charge in [-0.2, -0.15) is 0 Å². The predicted molar refractivity (Wildman–Crippen MR) is 132 cm³/mol. The minimum atomic E-state index is -1.14. The monoisotopic (exact) mass is 536 g/mol. The molecular formula is C27H20O12. The molecule has 0 fully saturated rings. The first-order valence-electron chi connectivity index (χ1n) is 11.0. The van der Waals surface area contributed by atoms with Crippen LogP contribution in [0.1, 0.15) is 43.0 Å². The average Bonchev–Trinajstić information content (AvgIpc) is 2.91. The van der Waals surface area contributed by atoms with Gasteiger partial charge in [0.15, 0.2) is 46.0 Å². The second kappa shape index (κ2) is 9.59. The Hall–Kier alpha value is -5.78. The number of ketones is 2. The Kier molecular flexibility index (Phi) is 6.47. The first kappa shape index (κ1) is 26.3. The minimum Gasteiger partial charge on any atom is -0.504 e. The fraction of sp³-hybridized carbons (Fsp3) is 0.0370. The molecule has 0 amide bonds. The lowest BCUT2D eigenvalue weighted by Gasteiger charge is -2.15. The molecule has 39 heavy (non-hydrogen) atoms.